The van der Waals surface area contributed by atoms with E-state index in [1.807, 2.05) is 13.8 Å². The second-order valence-electron chi connectivity index (χ2n) is 7.02. The summed E-state index contributed by atoms with van der Waals surface area (Å²) in [4.78, 5) is 13.9. The summed E-state index contributed by atoms with van der Waals surface area (Å²) in [6.45, 7) is 16.6. The topological polar surface area (TPSA) is 52.6 Å². The van der Waals surface area contributed by atoms with E-state index in [-0.39, 0.29) is 6.04 Å². The molecule has 0 aromatic rings. The van der Waals surface area contributed by atoms with E-state index >= 15 is 0 Å². The van der Waals surface area contributed by atoms with Crippen LogP contribution in [0.3, 0.4) is 0 Å². The number of carbonyl (C=O) groups is 1. The van der Waals surface area contributed by atoms with Crippen LogP contribution in [0.1, 0.15) is 61.3 Å². The molecule has 0 aliphatic heterocycles. The van der Waals surface area contributed by atoms with Crippen molar-refractivity contribution in [1.29, 1.82) is 0 Å². The molecule has 0 aromatic carbocycles. The molecule has 4 nitrogen and oxygen atoms in total. The Bertz CT molecular complexity index is 290. The molecule has 0 aliphatic carbocycles. The van der Waals surface area contributed by atoms with Crippen LogP contribution in [0.15, 0.2) is 0 Å². The lowest BCUT2D eigenvalue weighted by Crippen LogP contribution is -2.52. The van der Waals surface area contributed by atoms with Crippen LogP contribution in [0.4, 0.5) is 0 Å². The number of hydrogen-bond donors (Lipinski definition) is 2. The lowest BCUT2D eigenvalue weighted by molar-refractivity contribution is -0.144. The molecule has 0 spiro atoms. The number of hydrogen-bond acceptors (Lipinski definition) is 3. The molecule has 0 saturated carbocycles. The van der Waals surface area contributed by atoms with E-state index in [1.165, 1.54) is 0 Å². The smallest absolute Gasteiger partial charge is 0.323 e. The zero-order chi connectivity index (χ0) is 15.9. The third-order valence-electron chi connectivity index (χ3n) is 3.53. The van der Waals surface area contributed by atoms with Crippen molar-refractivity contribution in [3.05, 3.63) is 0 Å². The van der Waals surface area contributed by atoms with Gasteiger partial charge < -0.3 is 10.0 Å². The van der Waals surface area contributed by atoms with E-state index in [1.54, 1.807) is 6.92 Å². The maximum absolute atomic E-state index is 11.5. The molecule has 2 N–H and O–H groups in total. The second-order valence-corrected chi connectivity index (χ2v) is 7.02. The monoisotopic (exact) mass is 286 g/mol. The first kappa shape index (κ1) is 19.4. The lowest BCUT2D eigenvalue weighted by Gasteiger charge is -2.32. The normalized spacial score (nSPS) is 15.3. The molecule has 0 heterocycles. The van der Waals surface area contributed by atoms with E-state index in [0.29, 0.717) is 18.4 Å². The van der Waals surface area contributed by atoms with Crippen LogP contribution < -0.4 is 5.32 Å². The summed E-state index contributed by atoms with van der Waals surface area (Å²) >= 11 is 0. The zero-order valence-electron chi connectivity index (χ0n) is 14.4. The van der Waals surface area contributed by atoms with Crippen LogP contribution in [0.2, 0.25) is 0 Å². The van der Waals surface area contributed by atoms with Crippen molar-refractivity contribution in [3.8, 4) is 0 Å². The summed E-state index contributed by atoms with van der Waals surface area (Å²) in [6, 6.07) is 0.680. The number of nitrogens with one attached hydrogen (secondary N) is 1. The minimum Gasteiger partial charge on any atom is -0.480 e. The number of rotatable bonds is 10. The molecule has 20 heavy (non-hydrogen) atoms. The Kier molecular flexibility index (Phi) is 8.36. The van der Waals surface area contributed by atoms with Gasteiger partial charge in [0.2, 0.25) is 0 Å². The quantitative estimate of drug-likeness (QED) is 0.648. The Morgan fingerprint density at radius 1 is 1.20 bits per heavy atom. The van der Waals surface area contributed by atoms with Crippen LogP contribution in [-0.4, -0.2) is 46.7 Å². The van der Waals surface area contributed by atoms with Gasteiger partial charge in [0, 0.05) is 18.6 Å². The molecule has 0 radical (unpaired) electrons. The molecule has 0 amide bonds. The molecule has 0 fully saturated rings. The van der Waals surface area contributed by atoms with Gasteiger partial charge in [-0.25, -0.2) is 0 Å². The SMILES string of the molecule is CC(C)CN(CCCC(C)(NC(C)C)C(=O)O)C(C)C. The summed E-state index contributed by atoms with van der Waals surface area (Å²) in [5.74, 6) is -0.122. The van der Waals surface area contributed by atoms with Gasteiger partial charge >= 0.3 is 5.97 Å². The lowest BCUT2D eigenvalue weighted by atomic mass is 9.94. The van der Waals surface area contributed by atoms with E-state index < -0.39 is 11.5 Å². The Balaban J connectivity index is 4.44. The highest BCUT2D eigenvalue weighted by Crippen LogP contribution is 2.16. The van der Waals surface area contributed by atoms with Gasteiger partial charge in [-0.2, -0.15) is 0 Å². The first-order valence-corrected chi connectivity index (χ1v) is 7.83. The fourth-order valence-electron chi connectivity index (χ4n) is 2.54. The van der Waals surface area contributed by atoms with Crippen molar-refractivity contribution >= 4 is 5.97 Å². The van der Waals surface area contributed by atoms with Crippen LogP contribution in [0.25, 0.3) is 0 Å². The molecule has 120 valence electrons. The van der Waals surface area contributed by atoms with E-state index in [9.17, 15) is 9.90 Å². The fourth-order valence-corrected chi connectivity index (χ4v) is 2.54. The second kappa shape index (κ2) is 8.63. The van der Waals surface area contributed by atoms with Gasteiger partial charge in [-0.15, -0.1) is 0 Å². The average Bonchev–Trinajstić information content (AvgIpc) is 2.25. The molecule has 0 aliphatic rings. The highest BCUT2D eigenvalue weighted by atomic mass is 16.4. The van der Waals surface area contributed by atoms with Crippen molar-refractivity contribution in [2.45, 2.75) is 78.9 Å². The summed E-state index contributed by atoms with van der Waals surface area (Å²) in [5.41, 5.74) is -0.825. The van der Waals surface area contributed by atoms with Crippen molar-refractivity contribution < 1.29 is 9.90 Å². The molecular formula is C16H34N2O2. The van der Waals surface area contributed by atoms with E-state index in [2.05, 4.69) is 37.9 Å². The maximum Gasteiger partial charge on any atom is 0.323 e. The molecule has 0 bridgehead atoms. The molecule has 4 heteroatoms. The van der Waals surface area contributed by atoms with Gasteiger partial charge in [0.1, 0.15) is 5.54 Å². The highest BCUT2D eigenvalue weighted by Gasteiger charge is 2.33. The Morgan fingerprint density at radius 3 is 2.10 bits per heavy atom. The largest absolute Gasteiger partial charge is 0.480 e. The number of aliphatic carboxylic acids is 1. The summed E-state index contributed by atoms with van der Waals surface area (Å²) in [7, 11) is 0. The van der Waals surface area contributed by atoms with Crippen molar-refractivity contribution in [3.63, 3.8) is 0 Å². The van der Waals surface area contributed by atoms with Crippen LogP contribution in [-0.2, 0) is 4.79 Å². The van der Waals surface area contributed by atoms with Gasteiger partial charge in [-0.3, -0.25) is 10.1 Å². The van der Waals surface area contributed by atoms with E-state index in [0.717, 1.165) is 19.5 Å². The van der Waals surface area contributed by atoms with Gasteiger partial charge in [-0.1, -0.05) is 13.8 Å². The molecular weight excluding hydrogens is 252 g/mol. The van der Waals surface area contributed by atoms with Crippen LogP contribution in [0, 0.1) is 5.92 Å². The van der Waals surface area contributed by atoms with Gasteiger partial charge in [0.25, 0.3) is 0 Å². The molecule has 0 saturated heterocycles. The van der Waals surface area contributed by atoms with Crippen LogP contribution in [0.5, 0.6) is 0 Å². The number of carboxylic acids is 1. The Morgan fingerprint density at radius 2 is 1.75 bits per heavy atom. The Hall–Kier alpha value is -0.610. The first-order valence-electron chi connectivity index (χ1n) is 7.83. The maximum atomic E-state index is 11.5. The third-order valence-corrected chi connectivity index (χ3v) is 3.53. The molecule has 1 atom stereocenters. The molecule has 1 unspecified atom stereocenters. The Labute approximate surface area is 124 Å². The number of nitrogens with zero attached hydrogens (tertiary/aromatic N) is 1. The van der Waals surface area contributed by atoms with Crippen LogP contribution >= 0.6 is 0 Å². The highest BCUT2D eigenvalue weighted by molar-refractivity contribution is 5.78. The van der Waals surface area contributed by atoms with Crippen molar-refractivity contribution in [2.24, 2.45) is 5.92 Å². The summed E-state index contributed by atoms with van der Waals surface area (Å²) in [6.07, 6.45) is 1.55. The van der Waals surface area contributed by atoms with Gasteiger partial charge in [-0.05, 0) is 59.9 Å². The fraction of sp³-hybridized carbons (Fsp3) is 0.938. The van der Waals surface area contributed by atoms with Crippen molar-refractivity contribution in [1.82, 2.24) is 10.2 Å². The van der Waals surface area contributed by atoms with Gasteiger partial charge in [0.15, 0.2) is 0 Å². The summed E-state index contributed by atoms with van der Waals surface area (Å²) in [5, 5.41) is 12.6. The third kappa shape index (κ3) is 7.25. The summed E-state index contributed by atoms with van der Waals surface area (Å²) < 4.78 is 0. The number of carboxylic acid groups (broad SMARTS) is 1. The van der Waals surface area contributed by atoms with Gasteiger partial charge in [0.05, 0.1) is 0 Å². The van der Waals surface area contributed by atoms with E-state index in [4.69, 9.17) is 0 Å². The molecule has 0 aromatic heterocycles. The average molecular weight is 286 g/mol. The minimum absolute atomic E-state index is 0.174. The predicted octanol–water partition coefficient (Wildman–Crippen LogP) is 2.97. The minimum atomic E-state index is -0.825. The predicted molar refractivity (Wildman–Crippen MR) is 85.1 cm³/mol. The standard InChI is InChI=1S/C16H34N2O2/c1-12(2)11-18(14(5)6)10-8-9-16(7,15(19)20)17-13(3)4/h12-14,17H,8-11H2,1-7H3,(H,19,20). The molecule has 0 rings (SSSR count). The first-order chi connectivity index (χ1) is 9.08. The zero-order valence-corrected chi connectivity index (χ0v) is 14.4. The van der Waals surface area contributed by atoms with Crippen molar-refractivity contribution in [2.75, 3.05) is 13.1 Å².